The van der Waals surface area contributed by atoms with E-state index in [1.165, 1.54) is 0 Å². The highest BCUT2D eigenvalue weighted by atomic mass is 32.2. The van der Waals surface area contributed by atoms with E-state index in [4.69, 9.17) is 4.55 Å². The summed E-state index contributed by atoms with van der Waals surface area (Å²) >= 11 is 0. The van der Waals surface area contributed by atoms with Crippen LogP contribution in [0, 0.1) is 5.21 Å². The number of aliphatic hydroxyl groups excluding tert-OH is 1. The highest BCUT2D eigenvalue weighted by Crippen LogP contribution is 2.35. The van der Waals surface area contributed by atoms with Gasteiger partial charge in [-0.05, 0) is 20.8 Å². The van der Waals surface area contributed by atoms with Crippen molar-refractivity contribution in [1.82, 2.24) is 0 Å². The zero-order chi connectivity index (χ0) is 16.3. The molecule has 2 unspecified atom stereocenters. The molecule has 0 saturated carbocycles. The Kier molecular flexibility index (Phi) is 5.51. The lowest BCUT2D eigenvalue weighted by Gasteiger charge is -2.55. The average molecular weight is 317 g/mol. The van der Waals surface area contributed by atoms with Gasteiger partial charge in [0, 0.05) is 12.0 Å². The van der Waals surface area contributed by atoms with Crippen LogP contribution in [0.4, 0.5) is 0 Å². The summed E-state index contributed by atoms with van der Waals surface area (Å²) in [4.78, 5) is 0. The molecule has 0 heterocycles. The molecule has 1 aromatic rings. The monoisotopic (exact) mass is 317 g/mol. The zero-order valence-electron chi connectivity index (χ0n) is 12.6. The van der Waals surface area contributed by atoms with E-state index < -0.39 is 32.3 Å². The maximum absolute atomic E-state index is 13.1. The molecule has 0 fully saturated rings. The fourth-order valence-electron chi connectivity index (χ4n) is 2.17. The molecular formula is C14H23NO5S. The van der Waals surface area contributed by atoms with E-state index in [9.17, 15) is 18.7 Å². The standard InChI is InChI=1S/C14H23NO5S/c1-14(2,3)15(17,10-7-11-21(18,19)20)13(16)12-8-5-4-6-9-12/h4-6,8-9,13,16H,7,10-11H2,1-3H3,(H,18,19,20). The third kappa shape index (κ3) is 4.76. The minimum Gasteiger partial charge on any atom is -0.630 e. The van der Waals surface area contributed by atoms with E-state index in [0.717, 1.165) is 0 Å². The lowest BCUT2D eigenvalue weighted by atomic mass is 10.0. The second-order valence-corrected chi connectivity index (χ2v) is 7.69. The number of hydrogen-bond donors (Lipinski definition) is 2. The molecular weight excluding hydrogens is 294 g/mol. The highest BCUT2D eigenvalue weighted by molar-refractivity contribution is 7.85. The molecule has 0 saturated heterocycles. The van der Waals surface area contributed by atoms with Crippen LogP contribution in [0.3, 0.4) is 0 Å². The van der Waals surface area contributed by atoms with Gasteiger partial charge in [-0.1, -0.05) is 30.3 Å². The third-order valence-electron chi connectivity index (χ3n) is 3.52. The van der Waals surface area contributed by atoms with Gasteiger partial charge in [-0.15, -0.1) is 0 Å². The molecule has 7 heteroatoms. The molecule has 0 amide bonds. The molecule has 0 aliphatic carbocycles. The van der Waals surface area contributed by atoms with E-state index in [1.807, 2.05) is 0 Å². The number of quaternary nitrogens is 1. The molecule has 0 bridgehead atoms. The number of rotatable bonds is 6. The second kappa shape index (κ2) is 6.41. The van der Waals surface area contributed by atoms with Gasteiger partial charge >= 0.3 is 0 Å². The second-order valence-electron chi connectivity index (χ2n) is 6.11. The summed E-state index contributed by atoms with van der Waals surface area (Å²) in [6.45, 7) is 4.97. The molecule has 1 aromatic carbocycles. The average Bonchev–Trinajstić information content (AvgIpc) is 2.35. The first kappa shape index (κ1) is 18.1. The summed E-state index contributed by atoms with van der Waals surface area (Å²) in [5, 5.41) is 23.6. The van der Waals surface area contributed by atoms with Crippen LogP contribution in [0.2, 0.25) is 0 Å². The van der Waals surface area contributed by atoms with Crippen molar-refractivity contribution in [3.05, 3.63) is 41.1 Å². The summed E-state index contributed by atoms with van der Waals surface area (Å²) in [6, 6.07) is 8.55. The minimum absolute atomic E-state index is 0.0243. The van der Waals surface area contributed by atoms with Crippen molar-refractivity contribution in [2.75, 3.05) is 12.3 Å². The van der Waals surface area contributed by atoms with Crippen molar-refractivity contribution < 1.29 is 22.7 Å². The minimum atomic E-state index is -4.11. The van der Waals surface area contributed by atoms with Gasteiger partial charge in [0.25, 0.3) is 10.1 Å². The van der Waals surface area contributed by atoms with Crippen LogP contribution in [-0.2, 0) is 10.1 Å². The number of aliphatic hydroxyl groups is 1. The lowest BCUT2D eigenvalue weighted by Crippen LogP contribution is -2.58. The van der Waals surface area contributed by atoms with E-state index >= 15 is 0 Å². The lowest BCUT2D eigenvalue weighted by molar-refractivity contribution is -0.975. The fraction of sp³-hybridized carbons (Fsp3) is 0.571. The molecule has 2 atom stereocenters. The summed E-state index contributed by atoms with van der Waals surface area (Å²) in [5.41, 5.74) is -0.358. The maximum atomic E-state index is 13.1. The molecule has 6 nitrogen and oxygen atoms in total. The van der Waals surface area contributed by atoms with Gasteiger partial charge in [0.2, 0.25) is 6.23 Å². The first-order valence-electron chi connectivity index (χ1n) is 6.74. The van der Waals surface area contributed by atoms with Crippen LogP contribution in [0.15, 0.2) is 30.3 Å². The van der Waals surface area contributed by atoms with Gasteiger partial charge in [0.05, 0.1) is 17.8 Å². The highest BCUT2D eigenvalue weighted by Gasteiger charge is 2.39. The number of hydrogen-bond acceptors (Lipinski definition) is 4. The van der Waals surface area contributed by atoms with Crippen LogP contribution in [0.25, 0.3) is 0 Å². The molecule has 21 heavy (non-hydrogen) atoms. The van der Waals surface area contributed by atoms with E-state index in [-0.39, 0.29) is 13.0 Å². The number of nitrogens with zero attached hydrogens (tertiary/aromatic N) is 1. The van der Waals surface area contributed by atoms with Crippen LogP contribution in [0.5, 0.6) is 0 Å². The summed E-state index contributed by atoms with van der Waals surface area (Å²) in [7, 11) is -4.11. The van der Waals surface area contributed by atoms with Gasteiger partial charge in [0.15, 0.2) is 0 Å². The molecule has 1 rings (SSSR count). The van der Waals surface area contributed by atoms with Crippen molar-refractivity contribution in [2.45, 2.75) is 39.0 Å². The van der Waals surface area contributed by atoms with Crippen molar-refractivity contribution in [3.63, 3.8) is 0 Å². The molecule has 0 aromatic heterocycles. The normalized spacial score (nSPS) is 17.2. The fourth-order valence-corrected chi connectivity index (χ4v) is 2.67. The van der Waals surface area contributed by atoms with Crippen LogP contribution in [-0.4, -0.2) is 40.6 Å². The van der Waals surface area contributed by atoms with Gasteiger partial charge < -0.3 is 15.0 Å². The van der Waals surface area contributed by atoms with E-state index in [1.54, 1.807) is 51.1 Å². The molecule has 0 aliphatic rings. The Morgan fingerprint density at radius 1 is 1.24 bits per heavy atom. The molecule has 0 aliphatic heterocycles. The maximum Gasteiger partial charge on any atom is 0.265 e. The van der Waals surface area contributed by atoms with Crippen molar-refractivity contribution in [3.8, 4) is 0 Å². The Morgan fingerprint density at radius 2 is 1.76 bits per heavy atom. The largest absolute Gasteiger partial charge is 0.630 e. The quantitative estimate of drug-likeness (QED) is 0.362. The Hall–Kier alpha value is -0.990. The van der Waals surface area contributed by atoms with Gasteiger partial charge in [-0.3, -0.25) is 4.55 Å². The Morgan fingerprint density at radius 3 is 2.19 bits per heavy atom. The van der Waals surface area contributed by atoms with Gasteiger partial charge in [-0.2, -0.15) is 8.42 Å². The number of hydroxylamine groups is 3. The summed E-state index contributed by atoms with van der Waals surface area (Å²) < 4.78 is 29.4. The van der Waals surface area contributed by atoms with E-state index in [0.29, 0.717) is 5.56 Å². The first-order valence-corrected chi connectivity index (χ1v) is 8.35. The molecule has 0 spiro atoms. The van der Waals surface area contributed by atoms with Crippen LogP contribution < -0.4 is 0 Å². The SMILES string of the molecule is CC(C)(C)[N+]([O-])(CCCS(=O)(=O)O)C(O)c1ccccc1. The predicted octanol–water partition coefficient (Wildman–Crippen LogP) is 2.07. The third-order valence-corrected chi connectivity index (χ3v) is 4.33. The predicted molar refractivity (Wildman–Crippen MR) is 80.7 cm³/mol. The van der Waals surface area contributed by atoms with Crippen molar-refractivity contribution >= 4 is 10.1 Å². The van der Waals surface area contributed by atoms with Crippen LogP contribution >= 0.6 is 0 Å². The first-order chi connectivity index (χ1) is 9.47. The van der Waals surface area contributed by atoms with Gasteiger partial charge in [-0.25, -0.2) is 0 Å². The summed E-state index contributed by atoms with van der Waals surface area (Å²) in [5.74, 6) is -0.493. The van der Waals surface area contributed by atoms with Gasteiger partial charge in [0.1, 0.15) is 0 Å². The molecule has 2 N–H and O–H groups in total. The number of benzene rings is 1. The van der Waals surface area contributed by atoms with Crippen molar-refractivity contribution in [2.24, 2.45) is 0 Å². The summed E-state index contributed by atoms with van der Waals surface area (Å²) in [6.07, 6.45) is -1.34. The molecule has 0 radical (unpaired) electrons. The molecule has 120 valence electrons. The van der Waals surface area contributed by atoms with E-state index in [2.05, 4.69) is 0 Å². The van der Waals surface area contributed by atoms with Crippen LogP contribution in [0.1, 0.15) is 39.0 Å². The Balaban J connectivity index is 2.99. The topological polar surface area (TPSA) is 97.7 Å². The smallest absolute Gasteiger partial charge is 0.265 e. The van der Waals surface area contributed by atoms with Crippen molar-refractivity contribution in [1.29, 1.82) is 0 Å². The Labute approximate surface area is 125 Å². The zero-order valence-corrected chi connectivity index (χ0v) is 13.4. The Bertz CT molecular complexity index is 552.